The largest absolute Gasteiger partial charge is 0.489 e. The minimum Gasteiger partial charge on any atom is -0.489 e. The summed E-state index contributed by atoms with van der Waals surface area (Å²) >= 11 is 0. The second-order valence-corrected chi connectivity index (χ2v) is 4.91. The Balaban J connectivity index is 2.11. The van der Waals surface area contributed by atoms with Gasteiger partial charge in [-0.2, -0.15) is 13.2 Å². The van der Waals surface area contributed by atoms with Gasteiger partial charge in [0.05, 0.1) is 0 Å². The van der Waals surface area contributed by atoms with Gasteiger partial charge < -0.3 is 4.74 Å². The van der Waals surface area contributed by atoms with E-state index in [9.17, 15) is 22.0 Å². The summed E-state index contributed by atoms with van der Waals surface area (Å²) in [6.07, 6.45) is -2.85. The first kappa shape index (κ1) is 17.7. The first-order valence-corrected chi connectivity index (χ1v) is 6.87. The third-order valence-electron chi connectivity index (χ3n) is 3.11. The SMILES string of the molecule is C=Cc1ccc(COc2cc(F)c(/C=C/C(F)(F)F)c(F)c2)cc1. The van der Waals surface area contributed by atoms with Crippen LogP contribution in [0.2, 0.25) is 0 Å². The van der Waals surface area contributed by atoms with Crippen LogP contribution in [0.1, 0.15) is 16.7 Å². The van der Waals surface area contributed by atoms with Gasteiger partial charge in [0.15, 0.2) is 0 Å². The molecule has 0 radical (unpaired) electrons. The predicted octanol–water partition coefficient (Wildman–Crippen LogP) is 5.76. The van der Waals surface area contributed by atoms with Crippen LogP contribution >= 0.6 is 0 Å². The van der Waals surface area contributed by atoms with Gasteiger partial charge in [-0.05, 0) is 17.2 Å². The first-order chi connectivity index (χ1) is 11.3. The van der Waals surface area contributed by atoms with Gasteiger partial charge in [0.1, 0.15) is 24.0 Å². The second kappa shape index (κ2) is 7.29. The average Bonchev–Trinajstić information content (AvgIpc) is 2.51. The second-order valence-electron chi connectivity index (χ2n) is 4.91. The summed E-state index contributed by atoms with van der Waals surface area (Å²) in [5.41, 5.74) is 0.911. The number of rotatable bonds is 5. The monoisotopic (exact) mass is 340 g/mol. The molecule has 0 aliphatic carbocycles. The van der Waals surface area contributed by atoms with Crippen LogP contribution in [0.15, 0.2) is 49.1 Å². The van der Waals surface area contributed by atoms with E-state index in [1.807, 2.05) is 0 Å². The number of hydrogen-bond donors (Lipinski definition) is 0. The Hall–Kier alpha value is -2.63. The van der Waals surface area contributed by atoms with Crippen LogP contribution in [-0.2, 0) is 6.61 Å². The Morgan fingerprint density at radius 2 is 1.58 bits per heavy atom. The highest BCUT2D eigenvalue weighted by Crippen LogP contribution is 2.25. The van der Waals surface area contributed by atoms with Gasteiger partial charge in [-0.15, -0.1) is 0 Å². The van der Waals surface area contributed by atoms with Crippen LogP contribution in [0.3, 0.4) is 0 Å². The molecule has 0 aliphatic rings. The fourth-order valence-electron chi connectivity index (χ4n) is 1.90. The molecule has 0 unspecified atom stereocenters. The standard InChI is InChI=1S/C18H13F5O/c1-2-12-3-5-13(6-4-12)11-24-14-9-16(19)15(17(20)10-14)7-8-18(21,22)23/h2-10H,1,11H2/b8-7+. The third-order valence-corrected chi connectivity index (χ3v) is 3.11. The first-order valence-electron chi connectivity index (χ1n) is 6.87. The Kier molecular flexibility index (Phi) is 5.39. The molecule has 0 saturated heterocycles. The minimum atomic E-state index is -4.65. The Morgan fingerprint density at radius 3 is 2.08 bits per heavy atom. The molecule has 0 amide bonds. The number of allylic oxidation sites excluding steroid dienone is 1. The van der Waals surface area contributed by atoms with Crippen molar-refractivity contribution in [1.82, 2.24) is 0 Å². The molecule has 0 aromatic heterocycles. The maximum Gasteiger partial charge on any atom is 0.409 e. The zero-order valence-electron chi connectivity index (χ0n) is 12.4. The molecular weight excluding hydrogens is 327 g/mol. The van der Waals surface area contributed by atoms with Crippen molar-refractivity contribution in [2.24, 2.45) is 0 Å². The third kappa shape index (κ3) is 4.94. The van der Waals surface area contributed by atoms with E-state index < -0.39 is 23.4 Å². The van der Waals surface area contributed by atoms with Crippen molar-refractivity contribution in [1.29, 1.82) is 0 Å². The van der Waals surface area contributed by atoms with Crippen LogP contribution in [0.25, 0.3) is 12.2 Å². The molecule has 0 fully saturated rings. The number of benzene rings is 2. The van der Waals surface area contributed by atoms with Gasteiger partial charge >= 0.3 is 6.18 Å². The van der Waals surface area contributed by atoms with Crippen molar-refractivity contribution in [2.45, 2.75) is 12.8 Å². The molecule has 0 bridgehead atoms. The molecule has 0 saturated carbocycles. The van der Waals surface area contributed by atoms with Crippen LogP contribution in [0.4, 0.5) is 22.0 Å². The van der Waals surface area contributed by atoms with Gasteiger partial charge in [0.25, 0.3) is 0 Å². The topological polar surface area (TPSA) is 9.23 Å². The van der Waals surface area contributed by atoms with E-state index in [4.69, 9.17) is 4.74 Å². The highest BCUT2D eigenvalue weighted by Gasteiger charge is 2.23. The maximum atomic E-state index is 13.8. The van der Waals surface area contributed by atoms with Crippen molar-refractivity contribution in [3.05, 3.63) is 77.4 Å². The van der Waals surface area contributed by atoms with Gasteiger partial charge in [-0.25, -0.2) is 8.78 Å². The molecule has 2 aromatic carbocycles. The molecule has 2 aromatic rings. The maximum absolute atomic E-state index is 13.8. The lowest BCUT2D eigenvalue weighted by Gasteiger charge is -2.09. The van der Waals surface area contributed by atoms with Gasteiger partial charge in [0, 0.05) is 23.8 Å². The summed E-state index contributed by atoms with van der Waals surface area (Å²) in [6, 6.07) is 8.83. The average molecular weight is 340 g/mol. The lowest BCUT2D eigenvalue weighted by Crippen LogP contribution is -2.02. The van der Waals surface area contributed by atoms with E-state index >= 15 is 0 Å². The molecule has 0 aliphatic heterocycles. The number of halogens is 5. The molecule has 6 heteroatoms. The molecule has 0 N–H and O–H groups in total. The highest BCUT2D eigenvalue weighted by molar-refractivity contribution is 5.53. The van der Waals surface area contributed by atoms with Gasteiger partial charge in [0.2, 0.25) is 0 Å². The molecule has 2 rings (SSSR count). The Bertz CT molecular complexity index is 722. The summed E-state index contributed by atoms with van der Waals surface area (Å²) in [4.78, 5) is 0. The highest BCUT2D eigenvalue weighted by atomic mass is 19.4. The van der Waals surface area contributed by atoms with Crippen molar-refractivity contribution in [2.75, 3.05) is 0 Å². The molecule has 0 heterocycles. The quantitative estimate of drug-likeness (QED) is 0.629. The van der Waals surface area contributed by atoms with Crippen LogP contribution < -0.4 is 4.74 Å². The van der Waals surface area contributed by atoms with Crippen LogP contribution in [0, 0.1) is 11.6 Å². The lowest BCUT2D eigenvalue weighted by molar-refractivity contribution is -0.0790. The Morgan fingerprint density at radius 1 is 1.00 bits per heavy atom. The molecule has 24 heavy (non-hydrogen) atoms. The summed E-state index contributed by atoms with van der Waals surface area (Å²) in [5.74, 6) is -2.37. The number of alkyl halides is 3. The summed E-state index contributed by atoms with van der Waals surface area (Å²) in [7, 11) is 0. The minimum absolute atomic E-state index is 0.0635. The van der Waals surface area contributed by atoms with Gasteiger partial charge in [-0.1, -0.05) is 36.9 Å². The Labute approximate surface area is 135 Å². The zero-order valence-corrected chi connectivity index (χ0v) is 12.4. The van der Waals surface area contributed by atoms with Crippen LogP contribution in [0.5, 0.6) is 5.75 Å². The molecule has 1 nitrogen and oxygen atoms in total. The van der Waals surface area contributed by atoms with Crippen molar-refractivity contribution in [3.63, 3.8) is 0 Å². The van der Waals surface area contributed by atoms with Crippen LogP contribution in [-0.4, -0.2) is 6.18 Å². The fourth-order valence-corrected chi connectivity index (χ4v) is 1.90. The van der Waals surface area contributed by atoms with E-state index in [1.165, 1.54) is 0 Å². The summed E-state index contributed by atoms with van der Waals surface area (Å²) in [6.45, 7) is 3.69. The molecule has 126 valence electrons. The predicted molar refractivity (Wildman–Crippen MR) is 82.3 cm³/mol. The van der Waals surface area contributed by atoms with E-state index in [2.05, 4.69) is 6.58 Å². The summed E-state index contributed by atoms with van der Waals surface area (Å²) in [5, 5.41) is 0. The fraction of sp³-hybridized carbons (Fsp3) is 0.111. The smallest absolute Gasteiger partial charge is 0.409 e. The number of ether oxygens (including phenoxy) is 1. The number of hydrogen-bond acceptors (Lipinski definition) is 1. The van der Waals surface area contributed by atoms with E-state index in [1.54, 1.807) is 30.3 Å². The molecule has 0 atom stereocenters. The zero-order chi connectivity index (χ0) is 17.7. The van der Waals surface area contributed by atoms with Crippen molar-refractivity contribution >= 4 is 12.2 Å². The van der Waals surface area contributed by atoms with E-state index in [0.29, 0.717) is 6.08 Å². The normalized spacial score (nSPS) is 11.7. The lowest BCUT2D eigenvalue weighted by atomic mass is 10.1. The van der Waals surface area contributed by atoms with Gasteiger partial charge in [-0.3, -0.25) is 0 Å². The van der Waals surface area contributed by atoms with E-state index in [-0.39, 0.29) is 18.4 Å². The van der Waals surface area contributed by atoms with Crippen molar-refractivity contribution in [3.8, 4) is 5.75 Å². The molecular formula is C18H13F5O. The summed E-state index contributed by atoms with van der Waals surface area (Å²) < 4.78 is 69.0. The molecule has 0 spiro atoms. The van der Waals surface area contributed by atoms with E-state index in [0.717, 1.165) is 23.3 Å². The van der Waals surface area contributed by atoms with Crippen molar-refractivity contribution < 1.29 is 26.7 Å².